The van der Waals surface area contributed by atoms with Crippen molar-refractivity contribution >= 4 is 30.1 Å². The number of nitrogens with two attached hydrogens (primary N) is 1. The maximum absolute atomic E-state index is 13.8. The highest BCUT2D eigenvalue weighted by Crippen LogP contribution is 2.42. The summed E-state index contributed by atoms with van der Waals surface area (Å²) in [7, 11) is -2.96. The van der Waals surface area contributed by atoms with Gasteiger partial charge in [0.25, 0.3) is 0 Å². The van der Waals surface area contributed by atoms with Crippen molar-refractivity contribution in [2.24, 2.45) is 17.6 Å². The van der Waals surface area contributed by atoms with E-state index in [1.165, 1.54) is 0 Å². The molecule has 0 saturated heterocycles. The Balaban J connectivity index is 2.05. The third-order valence-electron chi connectivity index (χ3n) is 8.31. The van der Waals surface area contributed by atoms with E-state index >= 15 is 0 Å². The van der Waals surface area contributed by atoms with Gasteiger partial charge in [-0.15, -0.1) is 0 Å². The SMILES string of the molecule is CC(C)[C@@H](N)CN[C@@H](c1ccc2c(c1)nc([C@H](COC(C)(C)C(F)(F)F)N[S@](=O)C(C)(C)C)n2COCC[Si](C)(C)C)C1CC1. The number of hydrogen-bond donors (Lipinski definition) is 3. The summed E-state index contributed by atoms with van der Waals surface area (Å²) in [5.74, 6) is 1.28. The lowest BCUT2D eigenvalue weighted by atomic mass is 10.00. The van der Waals surface area contributed by atoms with Gasteiger partial charge in [0.1, 0.15) is 18.6 Å². The molecule has 2 aromatic rings. The van der Waals surface area contributed by atoms with Gasteiger partial charge < -0.3 is 25.1 Å². The second-order valence-electron chi connectivity index (χ2n) is 15.5. The Bertz CT molecular complexity index is 1290. The van der Waals surface area contributed by atoms with Crippen molar-refractivity contribution in [2.75, 3.05) is 19.8 Å². The summed E-state index contributed by atoms with van der Waals surface area (Å²) in [5, 5.41) is 3.68. The van der Waals surface area contributed by atoms with E-state index in [0.29, 0.717) is 36.3 Å². The highest BCUT2D eigenvalue weighted by atomic mass is 32.2. The van der Waals surface area contributed by atoms with Gasteiger partial charge >= 0.3 is 6.18 Å². The number of nitrogens with one attached hydrogen (secondary N) is 2. The smallest absolute Gasteiger partial charge is 0.364 e. The van der Waals surface area contributed by atoms with Gasteiger partial charge in [-0.3, -0.25) is 0 Å². The molecule has 1 fully saturated rings. The summed E-state index contributed by atoms with van der Waals surface area (Å²) in [6.45, 7) is 19.5. The van der Waals surface area contributed by atoms with Crippen LogP contribution in [0.5, 0.6) is 0 Å². The van der Waals surface area contributed by atoms with Crippen molar-refractivity contribution in [2.45, 2.75) is 128 Å². The van der Waals surface area contributed by atoms with Gasteiger partial charge in [0, 0.05) is 33.3 Å². The molecule has 1 heterocycles. The Kier molecular flexibility index (Phi) is 12.5. The van der Waals surface area contributed by atoms with E-state index in [2.05, 4.69) is 49.6 Å². The highest BCUT2D eigenvalue weighted by molar-refractivity contribution is 7.84. The topological polar surface area (TPSA) is 103 Å². The number of halogens is 3. The Labute approximate surface area is 271 Å². The molecule has 1 aromatic heterocycles. The van der Waals surface area contributed by atoms with Crippen LogP contribution in [0.4, 0.5) is 13.2 Å². The normalized spacial score (nSPS) is 18.0. The molecular weight excluding hydrogens is 620 g/mol. The van der Waals surface area contributed by atoms with E-state index in [0.717, 1.165) is 43.8 Å². The van der Waals surface area contributed by atoms with Crippen LogP contribution in [0.25, 0.3) is 11.0 Å². The van der Waals surface area contributed by atoms with Gasteiger partial charge in [-0.05, 0) is 83.0 Å². The summed E-state index contributed by atoms with van der Waals surface area (Å²) < 4.78 is 70.5. The van der Waals surface area contributed by atoms with Crippen LogP contribution in [0.2, 0.25) is 25.7 Å². The first kappa shape index (κ1) is 38.1. The van der Waals surface area contributed by atoms with Gasteiger partial charge in [-0.25, -0.2) is 13.9 Å². The van der Waals surface area contributed by atoms with Crippen LogP contribution in [-0.2, 0) is 27.2 Å². The fourth-order valence-corrected chi connectivity index (χ4v) is 6.16. The average Bonchev–Trinajstić information content (AvgIpc) is 3.67. The number of imidazole rings is 1. The Morgan fingerprint density at radius 1 is 1.13 bits per heavy atom. The van der Waals surface area contributed by atoms with Gasteiger partial charge in [-0.2, -0.15) is 13.2 Å². The number of aromatic nitrogens is 2. The molecule has 8 nitrogen and oxygen atoms in total. The monoisotopic (exact) mass is 675 g/mol. The van der Waals surface area contributed by atoms with Gasteiger partial charge in [-0.1, -0.05) is 39.6 Å². The zero-order valence-corrected chi connectivity index (χ0v) is 30.6. The summed E-state index contributed by atoms with van der Waals surface area (Å²) >= 11 is 0. The fraction of sp³-hybridized carbons (Fsp3) is 0.781. The molecule has 3 rings (SSSR count). The molecule has 1 saturated carbocycles. The lowest BCUT2D eigenvalue weighted by Gasteiger charge is -2.31. The third kappa shape index (κ3) is 10.8. The minimum absolute atomic E-state index is 0.0329. The number of benzene rings is 1. The van der Waals surface area contributed by atoms with E-state index in [-0.39, 0.29) is 18.8 Å². The fourth-order valence-electron chi connectivity index (χ4n) is 4.62. The summed E-state index contributed by atoms with van der Waals surface area (Å²) in [5.41, 5.74) is 6.52. The Hall–Kier alpha value is -1.35. The molecule has 1 aliphatic rings. The summed E-state index contributed by atoms with van der Waals surface area (Å²) in [6.07, 6.45) is -2.32. The second-order valence-corrected chi connectivity index (χ2v) is 23.1. The first-order valence-electron chi connectivity index (χ1n) is 16.1. The summed E-state index contributed by atoms with van der Waals surface area (Å²) in [6, 6.07) is 6.36. The number of nitrogens with zero attached hydrogens (tertiary/aromatic N) is 2. The van der Waals surface area contributed by atoms with Crippen LogP contribution >= 0.6 is 0 Å². The maximum Gasteiger partial charge on any atom is 0.416 e. The Morgan fingerprint density at radius 3 is 2.31 bits per heavy atom. The van der Waals surface area contributed by atoms with E-state index in [4.69, 9.17) is 20.2 Å². The molecule has 0 unspecified atom stereocenters. The first-order valence-corrected chi connectivity index (χ1v) is 20.9. The molecule has 4 N–H and O–H groups in total. The summed E-state index contributed by atoms with van der Waals surface area (Å²) in [4.78, 5) is 4.97. The Morgan fingerprint density at radius 2 is 1.78 bits per heavy atom. The quantitative estimate of drug-likeness (QED) is 0.126. The number of alkyl halides is 3. The van der Waals surface area contributed by atoms with Crippen LogP contribution < -0.4 is 15.8 Å². The predicted octanol–water partition coefficient (Wildman–Crippen LogP) is 6.82. The van der Waals surface area contributed by atoms with E-state index in [9.17, 15) is 17.4 Å². The van der Waals surface area contributed by atoms with Crippen LogP contribution in [0.1, 0.15) is 84.8 Å². The number of hydrogen-bond acceptors (Lipinski definition) is 6. The molecule has 0 amide bonds. The standard InChI is InChI=1S/C32H56F3N5O3SSi/c1-21(2)24(36)18-37-28(22-11-12-22)23-13-14-27-25(17-23)38-29(40(27)20-42-15-16-45(8,9)10)26(39-44(41)30(3,4)5)19-43-31(6,7)32(33,34)35/h13-14,17,21-22,24,26,28,37,39H,11-12,15-16,18-20,36H2,1-10H3/t24-,26-,28+,44+/m0/s1. The molecule has 0 radical (unpaired) electrons. The second kappa shape index (κ2) is 14.8. The van der Waals surface area contributed by atoms with Crippen LogP contribution in [0, 0.1) is 11.8 Å². The molecule has 45 heavy (non-hydrogen) atoms. The molecule has 0 spiro atoms. The molecule has 0 bridgehead atoms. The van der Waals surface area contributed by atoms with Gasteiger partial charge in [0.05, 0.1) is 33.4 Å². The zero-order chi connectivity index (χ0) is 34.0. The van der Waals surface area contributed by atoms with E-state index in [1.807, 2.05) is 16.7 Å². The van der Waals surface area contributed by atoms with E-state index in [1.54, 1.807) is 20.8 Å². The number of fused-ring (bicyclic) bond motifs is 1. The predicted molar refractivity (Wildman–Crippen MR) is 180 cm³/mol. The van der Waals surface area contributed by atoms with Crippen LogP contribution in [0.15, 0.2) is 18.2 Å². The number of rotatable bonds is 17. The maximum atomic E-state index is 13.8. The minimum atomic E-state index is -4.58. The molecule has 13 heteroatoms. The molecule has 0 aliphatic heterocycles. The largest absolute Gasteiger partial charge is 0.416 e. The van der Waals surface area contributed by atoms with Crippen molar-refractivity contribution in [3.63, 3.8) is 0 Å². The number of ether oxygens (including phenoxy) is 2. The van der Waals surface area contributed by atoms with E-state index < -0.39 is 48.2 Å². The molecule has 1 aliphatic carbocycles. The third-order valence-corrected chi connectivity index (χ3v) is 11.6. The molecular formula is C32H56F3N5O3SSi. The minimum Gasteiger partial charge on any atom is -0.364 e. The molecule has 258 valence electrons. The lowest BCUT2D eigenvalue weighted by Crippen LogP contribution is -2.45. The first-order chi connectivity index (χ1) is 20.6. The van der Waals surface area contributed by atoms with Crippen LogP contribution in [-0.4, -0.2) is 64.2 Å². The van der Waals surface area contributed by atoms with Gasteiger partial charge in [0.15, 0.2) is 5.60 Å². The lowest BCUT2D eigenvalue weighted by molar-refractivity contribution is -0.265. The van der Waals surface area contributed by atoms with Crippen molar-refractivity contribution < 1.29 is 26.9 Å². The van der Waals surface area contributed by atoms with Gasteiger partial charge in [0.2, 0.25) is 0 Å². The van der Waals surface area contributed by atoms with Crippen molar-refractivity contribution in [1.82, 2.24) is 19.6 Å². The zero-order valence-electron chi connectivity index (χ0n) is 28.8. The van der Waals surface area contributed by atoms with Crippen molar-refractivity contribution in [3.05, 3.63) is 29.6 Å². The van der Waals surface area contributed by atoms with Crippen molar-refractivity contribution in [3.8, 4) is 0 Å². The van der Waals surface area contributed by atoms with Crippen molar-refractivity contribution in [1.29, 1.82) is 0 Å². The molecule has 1 aromatic carbocycles. The van der Waals surface area contributed by atoms with Crippen LogP contribution in [0.3, 0.4) is 0 Å². The molecule has 4 atom stereocenters. The average molecular weight is 676 g/mol. The highest BCUT2D eigenvalue weighted by Gasteiger charge is 2.49.